The fraction of sp³-hybridized carbons (Fsp3) is 0.444. The first-order valence-electron chi connectivity index (χ1n) is 8.25. The predicted octanol–water partition coefficient (Wildman–Crippen LogP) is 4.70. The zero-order valence-corrected chi connectivity index (χ0v) is 14.7. The number of anilines is 2. The van der Waals surface area contributed by atoms with E-state index in [0.29, 0.717) is 5.95 Å². The highest BCUT2D eigenvalue weighted by Gasteiger charge is 2.02. The summed E-state index contributed by atoms with van der Waals surface area (Å²) >= 11 is 6.00. The number of aryl methyl sites for hydroxylation is 1. The van der Waals surface area contributed by atoms with Gasteiger partial charge in [-0.1, -0.05) is 43.5 Å². The molecule has 0 amide bonds. The standard InChI is InChI=1S/C18H25ClN4/c1-3-4-5-10-20-17-12-14(2)22-18(23-17)21-11-9-15-7-6-8-16(19)13-15/h6-8,12-13H,3-5,9-11H2,1-2H3,(H2,20,21,22,23). The van der Waals surface area contributed by atoms with E-state index in [1.807, 2.05) is 31.2 Å². The molecule has 0 aliphatic rings. The number of nitrogens with one attached hydrogen (secondary N) is 2. The van der Waals surface area contributed by atoms with Gasteiger partial charge >= 0.3 is 0 Å². The van der Waals surface area contributed by atoms with Crippen LogP contribution in [0, 0.1) is 6.92 Å². The fourth-order valence-corrected chi connectivity index (χ4v) is 2.55. The molecule has 4 nitrogen and oxygen atoms in total. The van der Waals surface area contributed by atoms with Crippen LogP contribution in [0.1, 0.15) is 37.4 Å². The van der Waals surface area contributed by atoms with E-state index in [-0.39, 0.29) is 0 Å². The molecule has 0 aliphatic heterocycles. The van der Waals surface area contributed by atoms with E-state index in [0.717, 1.165) is 42.5 Å². The van der Waals surface area contributed by atoms with Crippen molar-refractivity contribution in [3.05, 3.63) is 46.6 Å². The first kappa shape index (κ1) is 17.5. The Morgan fingerprint density at radius 3 is 2.70 bits per heavy atom. The average Bonchev–Trinajstić information content (AvgIpc) is 2.51. The highest BCUT2D eigenvalue weighted by atomic mass is 35.5. The molecule has 1 heterocycles. The minimum atomic E-state index is 0.671. The van der Waals surface area contributed by atoms with Crippen molar-refractivity contribution in [3.63, 3.8) is 0 Å². The molecule has 124 valence electrons. The molecule has 0 saturated carbocycles. The lowest BCUT2D eigenvalue weighted by Gasteiger charge is -2.10. The molecular formula is C18H25ClN4. The lowest BCUT2D eigenvalue weighted by atomic mass is 10.1. The van der Waals surface area contributed by atoms with Crippen molar-refractivity contribution in [2.45, 2.75) is 39.5 Å². The van der Waals surface area contributed by atoms with Gasteiger partial charge in [-0.3, -0.25) is 0 Å². The van der Waals surface area contributed by atoms with Crippen LogP contribution in [0.2, 0.25) is 5.02 Å². The van der Waals surface area contributed by atoms with Gasteiger partial charge in [0.2, 0.25) is 5.95 Å². The maximum Gasteiger partial charge on any atom is 0.224 e. The van der Waals surface area contributed by atoms with Crippen molar-refractivity contribution >= 4 is 23.4 Å². The Kier molecular flexibility index (Phi) is 7.14. The SMILES string of the molecule is CCCCCNc1cc(C)nc(NCCc2cccc(Cl)c2)n1. The highest BCUT2D eigenvalue weighted by Crippen LogP contribution is 2.12. The van der Waals surface area contributed by atoms with Crippen molar-refractivity contribution in [1.29, 1.82) is 0 Å². The van der Waals surface area contributed by atoms with Gasteiger partial charge in [0.1, 0.15) is 5.82 Å². The third-order valence-electron chi connectivity index (χ3n) is 3.53. The maximum absolute atomic E-state index is 6.00. The zero-order chi connectivity index (χ0) is 16.5. The molecule has 5 heteroatoms. The van der Waals surface area contributed by atoms with E-state index in [9.17, 15) is 0 Å². The normalized spacial score (nSPS) is 10.6. The van der Waals surface area contributed by atoms with Crippen molar-refractivity contribution < 1.29 is 0 Å². The number of hydrogen-bond acceptors (Lipinski definition) is 4. The Balaban J connectivity index is 1.85. The van der Waals surface area contributed by atoms with E-state index in [1.165, 1.54) is 18.4 Å². The van der Waals surface area contributed by atoms with Crippen molar-refractivity contribution in [1.82, 2.24) is 9.97 Å². The summed E-state index contributed by atoms with van der Waals surface area (Å²) in [6, 6.07) is 9.90. The Labute approximate surface area is 143 Å². The molecule has 23 heavy (non-hydrogen) atoms. The summed E-state index contributed by atoms with van der Waals surface area (Å²) < 4.78 is 0. The maximum atomic E-state index is 6.00. The van der Waals surface area contributed by atoms with E-state index in [4.69, 9.17) is 11.6 Å². The van der Waals surface area contributed by atoms with Gasteiger partial charge in [0.05, 0.1) is 0 Å². The molecule has 0 fully saturated rings. The molecule has 0 bridgehead atoms. The Morgan fingerprint density at radius 1 is 1.04 bits per heavy atom. The lowest BCUT2D eigenvalue weighted by Crippen LogP contribution is -2.11. The molecule has 2 rings (SSSR count). The summed E-state index contributed by atoms with van der Waals surface area (Å²) in [5.74, 6) is 1.56. The average molecular weight is 333 g/mol. The van der Waals surface area contributed by atoms with E-state index in [1.54, 1.807) is 0 Å². The van der Waals surface area contributed by atoms with Gasteiger partial charge in [-0.25, -0.2) is 4.98 Å². The Hall–Kier alpha value is -1.81. The topological polar surface area (TPSA) is 49.8 Å². The Morgan fingerprint density at radius 2 is 1.91 bits per heavy atom. The number of hydrogen-bond donors (Lipinski definition) is 2. The first-order chi connectivity index (χ1) is 11.2. The number of nitrogens with zero attached hydrogens (tertiary/aromatic N) is 2. The number of unbranched alkanes of at least 4 members (excludes halogenated alkanes) is 2. The molecule has 0 unspecified atom stereocenters. The largest absolute Gasteiger partial charge is 0.370 e. The summed E-state index contributed by atoms with van der Waals surface area (Å²) in [6.07, 6.45) is 4.51. The van der Waals surface area contributed by atoms with Crippen molar-refractivity contribution in [2.75, 3.05) is 23.7 Å². The number of aromatic nitrogens is 2. The second-order valence-electron chi connectivity index (χ2n) is 5.66. The summed E-state index contributed by atoms with van der Waals surface area (Å²) in [4.78, 5) is 8.96. The molecule has 0 spiro atoms. The van der Waals surface area contributed by atoms with Crippen LogP contribution in [0.25, 0.3) is 0 Å². The number of benzene rings is 1. The van der Waals surface area contributed by atoms with Crippen LogP contribution in [0.5, 0.6) is 0 Å². The second-order valence-corrected chi connectivity index (χ2v) is 6.10. The summed E-state index contributed by atoms with van der Waals surface area (Å²) in [7, 11) is 0. The zero-order valence-electron chi connectivity index (χ0n) is 13.9. The van der Waals surface area contributed by atoms with Crippen LogP contribution >= 0.6 is 11.6 Å². The second kappa shape index (κ2) is 9.36. The molecule has 0 radical (unpaired) electrons. The monoisotopic (exact) mass is 332 g/mol. The van der Waals surface area contributed by atoms with Crippen LogP contribution in [0.4, 0.5) is 11.8 Å². The van der Waals surface area contributed by atoms with E-state index in [2.05, 4.69) is 33.6 Å². The third kappa shape index (κ3) is 6.45. The van der Waals surface area contributed by atoms with Crippen LogP contribution in [-0.4, -0.2) is 23.1 Å². The fourth-order valence-electron chi connectivity index (χ4n) is 2.34. The highest BCUT2D eigenvalue weighted by molar-refractivity contribution is 6.30. The number of halogens is 1. The van der Waals surface area contributed by atoms with Gasteiger partial charge in [-0.2, -0.15) is 4.98 Å². The Bertz CT molecular complexity index is 616. The number of rotatable bonds is 9. The summed E-state index contributed by atoms with van der Waals surface area (Å²) in [6.45, 7) is 5.92. The molecule has 2 N–H and O–H groups in total. The third-order valence-corrected chi connectivity index (χ3v) is 3.76. The molecular weight excluding hydrogens is 308 g/mol. The summed E-state index contributed by atoms with van der Waals surface area (Å²) in [5.41, 5.74) is 2.17. The van der Waals surface area contributed by atoms with Gasteiger partial charge in [0.25, 0.3) is 0 Å². The minimum Gasteiger partial charge on any atom is -0.370 e. The first-order valence-corrected chi connectivity index (χ1v) is 8.63. The van der Waals surface area contributed by atoms with Gasteiger partial charge < -0.3 is 10.6 Å². The van der Waals surface area contributed by atoms with Gasteiger partial charge in [0.15, 0.2) is 0 Å². The summed E-state index contributed by atoms with van der Waals surface area (Å²) in [5, 5.41) is 7.43. The molecule has 0 atom stereocenters. The van der Waals surface area contributed by atoms with Crippen LogP contribution in [0.3, 0.4) is 0 Å². The van der Waals surface area contributed by atoms with Gasteiger partial charge in [0, 0.05) is 29.9 Å². The lowest BCUT2D eigenvalue weighted by molar-refractivity contribution is 0.742. The van der Waals surface area contributed by atoms with Gasteiger partial charge in [-0.15, -0.1) is 0 Å². The van der Waals surface area contributed by atoms with Gasteiger partial charge in [-0.05, 0) is 37.5 Å². The quantitative estimate of drug-likeness (QED) is 0.654. The molecule has 1 aromatic carbocycles. The van der Waals surface area contributed by atoms with Crippen LogP contribution in [0.15, 0.2) is 30.3 Å². The minimum absolute atomic E-state index is 0.671. The van der Waals surface area contributed by atoms with Crippen molar-refractivity contribution in [3.8, 4) is 0 Å². The predicted molar refractivity (Wildman–Crippen MR) is 98.4 cm³/mol. The van der Waals surface area contributed by atoms with Crippen LogP contribution < -0.4 is 10.6 Å². The van der Waals surface area contributed by atoms with E-state index >= 15 is 0 Å². The van der Waals surface area contributed by atoms with E-state index < -0.39 is 0 Å². The molecule has 1 aromatic heterocycles. The molecule has 0 saturated heterocycles. The van der Waals surface area contributed by atoms with Crippen molar-refractivity contribution in [2.24, 2.45) is 0 Å². The van der Waals surface area contributed by atoms with Crippen LogP contribution in [-0.2, 0) is 6.42 Å². The molecule has 0 aliphatic carbocycles. The smallest absolute Gasteiger partial charge is 0.224 e. The molecule has 2 aromatic rings.